The minimum Gasteiger partial charge on any atom is -0.481 e. The first kappa shape index (κ1) is 18.0. The molecule has 0 saturated heterocycles. The number of aliphatic carboxylic acids is 1. The normalized spacial score (nSPS) is 10.0. The van der Waals surface area contributed by atoms with Gasteiger partial charge in [-0.1, -0.05) is 15.9 Å². The maximum Gasteiger partial charge on any atom is 0.340 e. The average Bonchev–Trinajstić information content (AvgIpc) is 2.40. The predicted molar refractivity (Wildman–Crippen MR) is 86.8 cm³/mol. The molecular weight excluding hydrogens is 430 g/mol. The lowest BCUT2D eigenvalue weighted by molar-refractivity contribution is -0.133. The minimum atomic E-state index is -0.993. The summed E-state index contributed by atoms with van der Waals surface area (Å²) in [5, 5.41) is 11.1. The van der Waals surface area contributed by atoms with Crippen molar-refractivity contribution in [2.75, 3.05) is 23.9 Å². The molecule has 0 aliphatic heterocycles. The van der Waals surface area contributed by atoms with Crippen LogP contribution in [0.5, 0.6) is 0 Å². The van der Waals surface area contributed by atoms with E-state index in [0.29, 0.717) is 8.95 Å². The van der Waals surface area contributed by atoms with E-state index in [9.17, 15) is 14.4 Å². The summed E-state index contributed by atoms with van der Waals surface area (Å²) in [4.78, 5) is 33.9. The van der Waals surface area contributed by atoms with Crippen LogP contribution in [0, 0.1) is 0 Å². The molecule has 21 heavy (non-hydrogen) atoms. The van der Waals surface area contributed by atoms with Gasteiger partial charge in [-0.3, -0.25) is 9.59 Å². The Morgan fingerprint density at radius 2 is 1.95 bits per heavy atom. The lowest BCUT2D eigenvalue weighted by Gasteiger charge is -2.12. The van der Waals surface area contributed by atoms with Crippen molar-refractivity contribution in [2.24, 2.45) is 0 Å². The van der Waals surface area contributed by atoms with Crippen molar-refractivity contribution >= 4 is 67.2 Å². The minimum absolute atomic E-state index is 0.0323. The number of methoxy groups -OCH3 is 1. The Labute approximate surface area is 141 Å². The Morgan fingerprint density at radius 1 is 1.29 bits per heavy atom. The van der Waals surface area contributed by atoms with Gasteiger partial charge in [0.15, 0.2) is 0 Å². The highest BCUT2D eigenvalue weighted by atomic mass is 79.9. The molecule has 0 bridgehead atoms. The first-order valence-electron chi connectivity index (χ1n) is 5.52. The Bertz CT molecular complexity index is 579. The summed E-state index contributed by atoms with van der Waals surface area (Å²) in [6.07, 6.45) is 0. The third-order valence-electron chi connectivity index (χ3n) is 2.18. The van der Waals surface area contributed by atoms with Crippen LogP contribution in [0.3, 0.4) is 0 Å². The van der Waals surface area contributed by atoms with Crippen LogP contribution < -0.4 is 5.32 Å². The molecule has 9 heteroatoms. The summed E-state index contributed by atoms with van der Waals surface area (Å²) in [5.74, 6) is -2.19. The number of ether oxygens (including phenoxy) is 1. The number of carbonyl (C=O) groups is 3. The van der Waals surface area contributed by atoms with Crippen LogP contribution in [-0.4, -0.2) is 41.6 Å². The van der Waals surface area contributed by atoms with E-state index in [2.05, 4.69) is 41.9 Å². The molecule has 0 spiro atoms. The second kappa shape index (κ2) is 8.40. The molecule has 2 N–H and O–H groups in total. The average molecular weight is 441 g/mol. The molecule has 0 unspecified atom stereocenters. The lowest BCUT2D eigenvalue weighted by atomic mass is 10.2. The second-order valence-electron chi connectivity index (χ2n) is 3.74. The van der Waals surface area contributed by atoms with Crippen molar-refractivity contribution in [3.05, 3.63) is 26.6 Å². The molecule has 0 fully saturated rings. The van der Waals surface area contributed by atoms with Crippen molar-refractivity contribution in [1.82, 2.24) is 0 Å². The number of thioether (sulfide) groups is 1. The van der Waals surface area contributed by atoms with Gasteiger partial charge in [-0.25, -0.2) is 4.79 Å². The molecular formula is C12H11Br2NO5S. The van der Waals surface area contributed by atoms with Gasteiger partial charge in [-0.15, -0.1) is 11.8 Å². The van der Waals surface area contributed by atoms with Crippen molar-refractivity contribution in [2.45, 2.75) is 0 Å². The summed E-state index contributed by atoms with van der Waals surface area (Å²) in [6, 6.07) is 3.20. The topological polar surface area (TPSA) is 92.7 Å². The third kappa shape index (κ3) is 5.68. The van der Waals surface area contributed by atoms with Crippen molar-refractivity contribution in [1.29, 1.82) is 0 Å². The smallest absolute Gasteiger partial charge is 0.340 e. The number of hydrogen-bond donors (Lipinski definition) is 2. The van der Waals surface area contributed by atoms with E-state index in [4.69, 9.17) is 5.11 Å². The standard InChI is InChI=1S/C12H11Br2NO5S/c1-20-12(19)7-2-6(13)3-8(14)11(7)15-9(16)4-21-5-10(17)18/h2-3H,4-5H2,1H3,(H,15,16)(H,17,18). The first-order chi connectivity index (χ1) is 9.85. The molecule has 1 rings (SSSR count). The van der Waals surface area contributed by atoms with Crippen LogP contribution in [0.4, 0.5) is 5.69 Å². The number of carboxylic acid groups (broad SMARTS) is 1. The molecule has 0 radical (unpaired) electrons. The largest absolute Gasteiger partial charge is 0.481 e. The van der Waals surface area contributed by atoms with E-state index in [-0.39, 0.29) is 22.8 Å². The van der Waals surface area contributed by atoms with Gasteiger partial charge in [0.1, 0.15) is 0 Å². The molecule has 114 valence electrons. The number of rotatable bonds is 6. The van der Waals surface area contributed by atoms with E-state index in [1.165, 1.54) is 13.2 Å². The molecule has 0 aromatic heterocycles. The van der Waals surface area contributed by atoms with E-state index < -0.39 is 17.8 Å². The van der Waals surface area contributed by atoms with E-state index in [1.54, 1.807) is 6.07 Å². The Morgan fingerprint density at radius 3 is 2.52 bits per heavy atom. The van der Waals surface area contributed by atoms with E-state index >= 15 is 0 Å². The molecule has 0 atom stereocenters. The van der Waals surface area contributed by atoms with Crippen LogP contribution in [0.15, 0.2) is 21.1 Å². The summed E-state index contributed by atoms with van der Waals surface area (Å²) in [5.41, 5.74) is 0.473. The van der Waals surface area contributed by atoms with Gasteiger partial charge in [0.05, 0.1) is 29.9 Å². The highest BCUT2D eigenvalue weighted by molar-refractivity contribution is 9.11. The SMILES string of the molecule is COC(=O)c1cc(Br)cc(Br)c1NC(=O)CSCC(=O)O. The molecule has 1 aromatic rings. The molecule has 0 aliphatic carbocycles. The zero-order valence-corrected chi connectivity index (χ0v) is 14.8. The number of carboxylic acids is 1. The summed E-state index contributed by atoms with van der Waals surface area (Å²) >= 11 is 7.48. The van der Waals surface area contributed by atoms with Gasteiger partial charge >= 0.3 is 11.9 Å². The number of amides is 1. The van der Waals surface area contributed by atoms with Crippen molar-refractivity contribution in [3.63, 3.8) is 0 Å². The molecule has 0 aliphatic rings. The van der Waals surface area contributed by atoms with E-state index in [0.717, 1.165) is 11.8 Å². The van der Waals surface area contributed by atoms with Crippen LogP contribution in [-0.2, 0) is 14.3 Å². The third-order valence-corrected chi connectivity index (χ3v) is 4.18. The first-order valence-corrected chi connectivity index (χ1v) is 8.26. The maximum atomic E-state index is 11.8. The molecule has 6 nitrogen and oxygen atoms in total. The molecule has 0 heterocycles. The van der Waals surface area contributed by atoms with Gasteiger partial charge in [0, 0.05) is 8.95 Å². The Kier molecular flexibility index (Phi) is 7.20. The number of carbonyl (C=O) groups excluding carboxylic acids is 2. The Hall–Kier alpha value is -1.06. The number of benzene rings is 1. The van der Waals surface area contributed by atoms with Gasteiger partial charge in [0.25, 0.3) is 0 Å². The van der Waals surface area contributed by atoms with Gasteiger partial charge in [0.2, 0.25) is 5.91 Å². The Balaban J connectivity index is 2.89. The van der Waals surface area contributed by atoms with Crippen LogP contribution in [0.1, 0.15) is 10.4 Å². The van der Waals surface area contributed by atoms with Gasteiger partial charge in [-0.05, 0) is 28.1 Å². The summed E-state index contributed by atoms with van der Waals surface area (Å²) in [6.45, 7) is 0. The highest BCUT2D eigenvalue weighted by Crippen LogP contribution is 2.31. The summed E-state index contributed by atoms with van der Waals surface area (Å²) in [7, 11) is 1.24. The number of hydrogen-bond acceptors (Lipinski definition) is 5. The number of halogens is 2. The fraction of sp³-hybridized carbons (Fsp3) is 0.250. The van der Waals surface area contributed by atoms with Crippen LogP contribution in [0.25, 0.3) is 0 Å². The predicted octanol–water partition coefficient (Wildman–Crippen LogP) is 2.75. The fourth-order valence-electron chi connectivity index (χ4n) is 1.38. The number of esters is 1. The zero-order valence-electron chi connectivity index (χ0n) is 10.8. The summed E-state index contributed by atoms with van der Waals surface area (Å²) < 4.78 is 5.82. The quantitative estimate of drug-likeness (QED) is 0.660. The van der Waals surface area contributed by atoms with Crippen LogP contribution >= 0.6 is 43.6 Å². The second-order valence-corrected chi connectivity index (χ2v) is 6.49. The number of anilines is 1. The van der Waals surface area contributed by atoms with Crippen LogP contribution in [0.2, 0.25) is 0 Å². The number of nitrogens with one attached hydrogen (secondary N) is 1. The zero-order chi connectivity index (χ0) is 16.0. The molecule has 1 aromatic carbocycles. The van der Waals surface area contributed by atoms with Gasteiger partial charge in [-0.2, -0.15) is 0 Å². The lowest BCUT2D eigenvalue weighted by Crippen LogP contribution is -2.18. The van der Waals surface area contributed by atoms with Crippen molar-refractivity contribution < 1.29 is 24.2 Å². The molecule has 1 amide bonds. The maximum absolute atomic E-state index is 11.8. The van der Waals surface area contributed by atoms with Crippen molar-refractivity contribution in [3.8, 4) is 0 Å². The molecule has 0 saturated carbocycles. The van der Waals surface area contributed by atoms with Gasteiger partial charge < -0.3 is 15.2 Å². The van der Waals surface area contributed by atoms with E-state index in [1.807, 2.05) is 0 Å². The monoisotopic (exact) mass is 439 g/mol. The highest BCUT2D eigenvalue weighted by Gasteiger charge is 2.18. The fourth-order valence-corrected chi connectivity index (χ4v) is 3.24.